The zero-order chi connectivity index (χ0) is 64.3. The molecule has 6 rings (SSSR count). The van der Waals surface area contributed by atoms with E-state index in [2.05, 4.69) is 15.6 Å². The number of nitrogens with one attached hydrogen (secondary N) is 2. The van der Waals surface area contributed by atoms with Gasteiger partial charge in [0.1, 0.15) is 42.6 Å². The number of Topliss-reactive ketones (excluding diaryl/α,β-unsaturated/α-hetero) is 1. The summed E-state index contributed by atoms with van der Waals surface area (Å²) in [6, 6.07) is 15.6. The number of nitrogens with zero attached hydrogens (tertiary/aromatic N) is 5. The van der Waals surface area contributed by atoms with Crippen molar-refractivity contribution in [3.63, 3.8) is 0 Å². The van der Waals surface area contributed by atoms with E-state index in [1.54, 1.807) is 39.0 Å². The van der Waals surface area contributed by atoms with E-state index in [9.17, 15) is 38.4 Å². The summed E-state index contributed by atoms with van der Waals surface area (Å²) in [5.74, 6) is -5.28. The van der Waals surface area contributed by atoms with Gasteiger partial charge in [0, 0.05) is 58.5 Å². The second-order valence-corrected chi connectivity index (χ2v) is 23.9. The Hall–Kier alpha value is -8.40. The number of methoxy groups -OCH3 is 2. The molecule has 2 N–H and O–H groups in total. The first-order chi connectivity index (χ1) is 41.8. The largest absolute Gasteiger partial charge is 0.493 e. The number of pyridine rings is 1. The van der Waals surface area contributed by atoms with Crippen molar-refractivity contribution in [2.24, 2.45) is 5.41 Å². The number of likely N-dealkylation sites (N-methyl/N-ethyl adjacent to an activating group) is 3. The van der Waals surface area contributed by atoms with E-state index in [0.717, 1.165) is 22.4 Å². The highest BCUT2D eigenvalue weighted by Crippen LogP contribution is 2.33. The molecule has 0 radical (unpaired) electrons. The molecule has 5 atom stereocenters. The van der Waals surface area contributed by atoms with Crippen LogP contribution in [0.1, 0.15) is 116 Å². The molecular formula is C66H87N7O15. The topological polar surface area (TPSA) is 259 Å². The minimum Gasteiger partial charge on any atom is -0.493 e. The van der Waals surface area contributed by atoms with Crippen molar-refractivity contribution >= 4 is 63.9 Å². The smallest absolute Gasteiger partial charge is 0.330 e. The number of hydrogen-bond acceptors (Lipinski definition) is 16. The molecule has 22 nitrogen and oxygen atoms in total. The monoisotopic (exact) mass is 1220 g/mol. The summed E-state index contributed by atoms with van der Waals surface area (Å²) in [7, 11) is 7.47. The number of carbonyl (C=O) groups is 9. The van der Waals surface area contributed by atoms with Gasteiger partial charge in [-0.05, 0) is 120 Å². The second-order valence-electron chi connectivity index (χ2n) is 23.9. The van der Waals surface area contributed by atoms with Gasteiger partial charge in [0.25, 0.3) is 11.8 Å². The first-order valence-corrected chi connectivity index (χ1v) is 30.0. The molecule has 2 bridgehead atoms. The Morgan fingerprint density at radius 3 is 2.20 bits per heavy atom. The number of rotatable bonds is 12. The third-order valence-corrected chi connectivity index (χ3v) is 15.7. The fourth-order valence-electron chi connectivity index (χ4n) is 10.2. The van der Waals surface area contributed by atoms with Crippen molar-refractivity contribution in [2.75, 3.05) is 74.8 Å². The average Bonchev–Trinajstić information content (AvgIpc) is 1.42. The third-order valence-electron chi connectivity index (χ3n) is 15.7. The van der Waals surface area contributed by atoms with Crippen LogP contribution >= 0.6 is 0 Å². The molecule has 1 fully saturated rings. The van der Waals surface area contributed by atoms with Crippen LogP contribution in [0.5, 0.6) is 17.2 Å². The number of aromatic nitrogens is 1. The maximum Gasteiger partial charge on any atom is 0.330 e. The van der Waals surface area contributed by atoms with E-state index in [1.807, 2.05) is 55.5 Å². The maximum atomic E-state index is 15.1. The van der Waals surface area contributed by atoms with Crippen LogP contribution in [0.25, 0.3) is 10.8 Å². The Labute approximate surface area is 515 Å². The second kappa shape index (κ2) is 32.0. The number of carbonyl (C=O) groups excluding carboxylic acids is 9. The van der Waals surface area contributed by atoms with Crippen LogP contribution in [0.2, 0.25) is 0 Å². The minimum absolute atomic E-state index is 0.00638. The standard InChI is InChI=1S/C66H87N7O15/c1-12-13-22-50-61(79)69-49(34-44-25-28-45-20-14-15-21-46(45)33-44)62(80)72(9)52(40-87-65(2,3)4)60(78)68-39-56(74)70(7)31-18-17-24-58(76)86-42-66(5,6)59(77)63(81)73-32-19-16-23-51(73)64(82)88-53(29-26-43-27-30-54(83-10)55(35-43)84-11)47-36-48(38-67-37-47)85-41-57(75)71(50)8/h14-15,17,20-21,24-25,27-28,30,33,35-38,49-53H,12-13,16,18-19,22-23,26,29,31-32,34,39-42H2,1-11H3,(H,68,78)(H,69,79)/b24-17+/t49-,50-,51-,52-,53+/m0/s1. The summed E-state index contributed by atoms with van der Waals surface area (Å²) in [4.78, 5) is 137. The summed E-state index contributed by atoms with van der Waals surface area (Å²) in [5.41, 5.74) is -0.353. The molecular weight excluding hydrogens is 1130 g/mol. The number of hydrogen-bond donors (Lipinski definition) is 2. The number of fused-ring (bicyclic) bond motifs is 4. The fraction of sp³-hybridized carbons (Fsp3) is 0.515. The lowest BCUT2D eigenvalue weighted by Gasteiger charge is -2.36. The highest BCUT2D eigenvalue weighted by Gasteiger charge is 2.43. The third kappa shape index (κ3) is 19.3. The van der Waals surface area contributed by atoms with Gasteiger partial charge in [-0.2, -0.15) is 0 Å². The number of aryl methyl sites for hydroxylation is 1. The summed E-state index contributed by atoms with van der Waals surface area (Å²) in [6.45, 7) is 8.71. The van der Waals surface area contributed by atoms with Crippen molar-refractivity contribution < 1.29 is 71.6 Å². The number of benzene rings is 3. The average molecular weight is 1220 g/mol. The molecule has 2 aliphatic heterocycles. The van der Waals surface area contributed by atoms with Crippen LogP contribution in [0, 0.1) is 5.41 Å². The number of esters is 2. The predicted octanol–water partition coefficient (Wildman–Crippen LogP) is 6.29. The molecule has 0 saturated carbocycles. The lowest BCUT2D eigenvalue weighted by molar-refractivity contribution is -0.165. The quantitative estimate of drug-likeness (QED) is 0.117. The Morgan fingerprint density at radius 1 is 0.761 bits per heavy atom. The zero-order valence-corrected chi connectivity index (χ0v) is 52.7. The Morgan fingerprint density at radius 2 is 1.49 bits per heavy atom. The van der Waals surface area contributed by atoms with Crippen molar-refractivity contribution in [3.05, 3.63) is 108 Å². The number of ketones is 1. The molecule has 0 aliphatic carbocycles. The highest BCUT2D eigenvalue weighted by molar-refractivity contribution is 6.38. The first-order valence-electron chi connectivity index (χ1n) is 30.0. The van der Waals surface area contributed by atoms with Gasteiger partial charge >= 0.3 is 11.9 Å². The molecule has 3 aromatic carbocycles. The Balaban J connectivity index is 1.35. The van der Waals surface area contributed by atoms with E-state index in [-0.39, 0.29) is 57.6 Å². The lowest BCUT2D eigenvalue weighted by Crippen LogP contribution is -2.59. The van der Waals surface area contributed by atoms with E-state index < -0.39 is 114 Å². The molecule has 88 heavy (non-hydrogen) atoms. The number of unbranched alkanes of at least 4 members (excludes halogenated alkanes) is 1. The van der Waals surface area contributed by atoms with Crippen LogP contribution in [0.15, 0.2) is 91.3 Å². The normalized spacial score (nSPS) is 21.9. The van der Waals surface area contributed by atoms with Crippen molar-refractivity contribution in [1.82, 2.24) is 35.2 Å². The van der Waals surface area contributed by atoms with Crippen LogP contribution in [0.3, 0.4) is 0 Å². The zero-order valence-electron chi connectivity index (χ0n) is 52.7. The first kappa shape index (κ1) is 68.7. The van der Waals surface area contributed by atoms with Crippen molar-refractivity contribution in [3.8, 4) is 17.2 Å². The maximum absolute atomic E-state index is 15.1. The summed E-state index contributed by atoms with van der Waals surface area (Å²) < 4.78 is 35.0. The van der Waals surface area contributed by atoms with Crippen molar-refractivity contribution in [1.29, 1.82) is 0 Å². The van der Waals surface area contributed by atoms with E-state index in [0.29, 0.717) is 54.7 Å². The van der Waals surface area contributed by atoms with Gasteiger partial charge in [-0.15, -0.1) is 0 Å². The predicted molar refractivity (Wildman–Crippen MR) is 328 cm³/mol. The fourth-order valence-corrected chi connectivity index (χ4v) is 10.2. The van der Waals surface area contributed by atoms with Gasteiger partial charge in [0.2, 0.25) is 29.4 Å². The molecule has 476 valence electrons. The Kier molecular flexibility index (Phi) is 25.0. The van der Waals surface area contributed by atoms with Crippen LogP contribution in [-0.2, 0) is 70.2 Å². The van der Waals surface area contributed by atoms with Gasteiger partial charge in [0.05, 0.1) is 44.6 Å². The van der Waals surface area contributed by atoms with Gasteiger partial charge in [-0.1, -0.05) is 74.4 Å². The molecule has 0 spiro atoms. The molecule has 0 unspecified atom stereocenters. The van der Waals surface area contributed by atoms with E-state index in [4.69, 9.17) is 28.4 Å². The highest BCUT2D eigenvalue weighted by atomic mass is 16.5. The molecule has 2 aliphatic rings. The molecule has 4 aromatic rings. The van der Waals surface area contributed by atoms with Crippen molar-refractivity contribution in [2.45, 2.75) is 142 Å². The number of amides is 6. The number of ether oxygens (including phenoxy) is 6. The van der Waals surface area contributed by atoms with Crippen LogP contribution in [0.4, 0.5) is 0 Å². The summed E-state index contributed by atoms with van der Waals surface area (Å²) in [5, 5.41) is 7.48. The van der Waals surface area contributed by atoms with Gasteiger partial charge in [0.15, 0.2) is 18.1 Å². The molecule has 22 heteroatoms. The lowest BCUT2D eigenvalue weighted by atomic mass is 9.87. The summed E-state index contributed by atoms with van der Waals surface area (Å²) >= 11 is 0. The van der Waals surface area contributed by atoms with Crippen LogP contribution in [-0.4, -0.2) is 182 Å². The Bertz CT molecular complexity index is 3160. The van der Waals surface area contributed by atoms with E-state index in [1.165, 1.54) is 87.3 Å². The SMILES string of the molecule is CCCC[C@H]1C(=O)N[C@@H](Cc2ccc3ccccc3c2)C(=O)N(C)[C@@H](COC(C)(C)C)C(=O)NCC(=O)N(C)CC/C=C/C(=O)OCC(C)(C)C(=O)C(=O)N2CCCC[C@H]2C(=O)O[C@H](CCc2ccc(OC)c(OC)c2)c2cncc(c2)OCC(=O)N1C. The van der Waals surface area contributed by atoms with Gasteiger partial charge in [-0.25, -0.2) is 9.59 Å². The molecule has 6 amide bonds. The minimum atomic E-state index is -1.51. The molecule has 1 saturated heterocycles. The summed E-state index contributed by atoms with van der Waals surface area (Å²) in [6.07, 6.45) is 7.95. The van der Waals surface area contributed by atoms with Gasteiger partial charge < -0.3 is 58.7 Å². The number of cyclic esters (lactones) is 2. The molecule has 1 aromatic heterocycles. The van der Waals surface area contributed by atoms with E-state index >= 15 is 4.79 Å². The van der Waals surface area contributed by atoms with Crippen LogP contribution < -0.4 is 24.8 Å². The molecule has 3 heterocycles. The van der Waals surface area contributed by atoms with Gasteiger partial charge in [-0.3, -0.25) is 38.5 Å². The number of piperidine rings is 1.